The van der Waals surface area contributed by atoms with Crippen molar-refractivity contribution in [3.63, 3.8) is 0 Å². The minimum absolute atomic E-state index is 0.0117. The zero-order valence-electron chi connectivity index (χ0n) is 16.9. The van der Waals surface area contributed by atoms with E-state index in [0.717, 1.165) is 25.0 Å². The van der Waals surface area contributed by atoms with Crippen molar-refractivity contribution in [2.75, 3.05) is 26.2 Å². The Kier molecular flexibility index (Phi) is 8.20. The Balaban J connectivity index is 1.34. The molecule has 1 aliphatic rings. The smallest absolute Gasteiger partial charge is 0.314 e. The standard InChI is InChI=1S/C23H28FN3O3/c24-20-10-4-6-17(14-20)15-21(28)25-11-12-26-23(29)27-16-19-9-5-13-30-22(19)18-7-2-1-3-8-18/h1-4,6-8,10,14,19,22H,5,9,11-13,15-16H2,(H,25,28)(H2,26,27,29). The van der Waals surface area contributed by atoms with E-state index in [1.165, 1.54) is 12.1 Å². The van der Waals surface area contributed by atoms with Crippen LogP contribution in [0, 0.1) is 11.7 Å². The lowest BCUT2D eigenvalue weighted by Crippen LogP contribution is -2.43. The molecule has 3 N–H and O–H groups in total. The first-order chi connectivity index (χ1) is 14.6. The van der Waals surface area contributed by atoms with Gasteiger partial charge in [0.05, 0.1) is 12.5 Å². The molecular weight excluding hydrogens is 385 g/mol. The molecule has 1 saturated heterocycles. The van der Waals surface area contributed by atoms with Crippen molar-refractivity contribution in [1.29, 1.82) is 0 Å². The van der Waals surface area contributed by atoms with E-state index in [1.54, 1.807) is 12.1 Å². The minimum atomic E-state index is -0.364. The summed E-state index contributed by atoms with van der Waals surface area (Å²) in [6, 6.07) is 15.7. The van der Waals surface area contributed by atoms with Gasteiger partial charge in [-0.05, 0) is 36.1 Å². The summed E-state index contributed by atoms with van der Waals surface area (Å²) in [7, 11) is 0. The number of ether oxygens (including phenoxy) is 1. The SMILES string of the molecule is O=C(Cc1cccc(F)c1)NCCNC(=O)NCC1CCCOC1c1ccccc1. The third kappa shape index (κ3) is 6.84. The van der Waals surface area contributed by atoms with Gasteiger partial charge in [-0.2, -0.15) is 0 Å². The summed E-state index contributed by atoms with van der Waals surface area (Å²) in [4.78, 5) is 24.0. The van der Waals surface area contributed by atoms with Gasteiger partial charge in [0.25, 0.3) is 0 Å². The van der Waals surface area contributed by atoms with Crippen LogP contribution in [0.5, 0.6) is 0 Å². The molecule has 0 spiro atoms. The van der Waals surface area contributed by atoms with Crippen molar-refractivity contribution < 1.29 is 18.7 Å². The molecule has 0 radical (unpaired) electrons. The van der Waals surface area contributed by atoms with Gasteiger partial charge in [-0.15, -0.1) is 0 Å². The third-order valence-corrected chi connectivity index (χ3v) is 5.08. The average molecular weight is 413 g/mol. The zero-order valence-corrected chi connectivity index (χ0v) is 16.9. The summed E-state index contributed by atoms with van der Waals surface area (Å²) < 4.78 is 19.1. The lowest BCUT2D eigenvalue weighted by atomic mass is 9.89. The highest BCUT2D eigenvalue weighted by molar-refractivity contribution is 5.78. The van der Waals surface area contributed by atoms with Crippen molar-refractivity contribution in [1.82, 2.24) is 16.0 Å². The summed E-state index contributed by atoms with van der Waals surface area (Å²) in [5.41, 5.74) is 1.74. The molecule has 2 unspecified atom stereocenters. The normalized spacial score (nSPS) is 18.4. The van der Waals surface area contributed by atoms with E-state index >= 15 is 0 Å². The van der Waals surface area contributed by atoms with E-state index in [0.29, 0.717) is 25.2 Å². The van der Waals surface area contributed by atoms with Gasteiger partial charge < -0.3 is 20.7 Å². The van der Waals surface area contributed by atoms with Gasteiger partial charge in [-0.1, -0.05) is 42.5 Å². The maximum absolute atomic E-state index is 13.1. The monoisotopic (exact) mass is 413 g/mol. The van der Waals surface area contributed by atoms with E-state index in [1.807, 2.05) is 18.2 Å². The fourth-order valence-corrected chi connectivity index (χ4v) is 3.62. The number of carbonyl (C=O) groups is 2. The average Bonchev–Trinajstić information content (AvgIpc) is 2.76. The van der Waals surface area contributed by atoms with Crippen LogP contribution in [0.3, 0.4) is 0 Å². The van der Waals surface area contributed by atoms with Gasteiger partial charge >= 0.3 is 6.03 Å². The number of nitrogens with one attached hydrogen (secondary N) is 3. The van der Waals surface area contributed by atoms with Crippen molar-refractivity contribution in [3.05, 3.63) is 71.5 Å². The Bertz CT molecular complexity index is 831. The van der Waals surface area contributed by atoms with Gasteiger partial charge in [-0.25, -0.2) is 9.18 Å². The summed E-state index contributed by atoms with van der Waals surface area (Å²) in [5, 5.41) is 8.36. The number of carbonyl (C=O) groups excluding carboxylic acids is 2. The Morgan fingerprint density at radius 2 is 1.80 bits per heavy atom. The number of halogens is 1. The largest absolute Gasteiger partial charge is 0.373 e. The highest BCUT2D eigenvalue weighted by atomic mass is 19.1. The summed E-state index contributed by atoms with van der Waals surface area (Å²) in [6.45, 7) is 1.87. The van der Waals surface area contributed by atoms with Crippen LogP contribution in [0.2, 0.25) is 0 Å². The van der Waals surface area contributed by atoms with Gasteiger partial charge in [0.2, 0.25) is 5.91 Å². The second-order valence-corrected chi connectivity index (χ2v) is 7.40. The Hall–Kier alpha value is -2.93. The molecule has 7 heteroatoms. The second-order valence-electron chi connectivity index (χ2n) is 7.40. The predicted octanol–water partition coefficient (Wildman–Crippen LogP) is 2.95. The van der Waals surface area contributed by atoms with Crippen LogP contribution in [0.25, 0.3) is 0 Å². The number of hydrogen-bond donors (Lipinski definition) is 3. The number of hydrogen-bond acceptors (Lipinski definition) is 3. The van der Waals surface area contributed by atoms with Crippen LogP contribution in [-0.2, 0) is 16.0 Å². The zero-order chi connectivity index (χ0) is 21.2. The maximum Gasteiger partial charge on any atom is 0.314 e. The highest BCUT2D eigenvalue weighted by Gasteiger charge is 2.27. The molecule has 6 nitrogen and oxygen atoms in total. The lowest BCUT2D eigenvalue weighted by Gasteiger charge is -2.32. The fraction of sp³-hybridized carbons (Fsp3) is 0.391. The molecule has 1 heterocycles. The molecule has 30 heavy (non-hydrogen) atoms. The predicted molar refractivity (Wildman–Crippen MR) is 112 cm³/mol. The Morgan fingerprint density at radius 1 is 1.00 bits per heavy atom. The van der Waals surface area contributed by atoms with Crippen LogP contribution in [-0.4, -0.2) is 38.2 Å². The number of urea groups is 1. The molecule has 0 aliphatic carbocycles. The molecule has 2 aromatic carbocycles. The quantitative estimate of drug-likeness (QED) is 0.582. The fourth-order valence-electron chi connectivity index (χ4n) is 3.62. The van der Waals surface area contributed by atoms with Crippen molar-refractivity contribution in [3.8, 4) is 0 Å². The maximum atomic E-state index is 13.1. The van der Waals surface area contributed by atoms with Crippen LogP contribution in [0.15, 0.2) is 54.6 Å². The molecular formula is C23H28FN3O3. The van der Waals surface area contributed by atoms with Crippen molar-refractivity contribution >= 4 is 11.9 Å². The first kappa shape index (κ1) is 21.8. The van der Waals surface area contributed by atoms with Crippen molar-refractivity contribution in [2.24, 2.45) is 5.92 Å². The van der Waals surface area contributed by atoms with Gasteiger partial charge in [0, 0.05) is 32.2 Å². The molecule has 3 amide bonds. The van der Waals surface area contributed by atoms with E-state index in [4.69, 9.17) is 4.74 Å². The van der Waals surface area contributed by atoms with Crippen LogP contribution in [0.1, 0.15) is 30.1 Å². The Morgan fingerprint density at radius 3 is 2.60 bits per heavy atom. The van der Waals surface area contributed by atoms with Crippen molar-refractivity contribution in [2.45, 2.75) is 25.4 Å². The molecule has 0 saturated carbocycles. The second kappa shape index (κ2) is 11.3. The minimum Gasteiger partial charge on any atom is -0.373 e. The van der Waals surface area contributed by atoms with Crippen LogP contribution >= 0.6 is 0 Å². The van der Waals surface area contributed by atoms with Crippen LogP contribution in [0.4, 0.5) is 9.18 Å². The Labute approximate surface area is 176 Å². The molecule has 1 aliphatic heterocycles. The number of amides is 3. The van der Waals surface area contributed by atoms with E-state index in [2.05, 4.69) is 28.1 Å². The molecule has 2 aromatic rings. The van der Waals surface area contributed by atoms with E-state index < -0.39 is 0 Å². The van der Waals surface area contributed by atoms with Gasteiger partial charge in [0.15, 0.2) is 0 Å². The lowest BCUT2D eigenvalue weighted by molar-refractivity contribution is -0.120. The van der Waals surface area contributed by atoms with E-state index in [9.17, 15) is 14.0 Å². The first-order valence-corrected chi connectivity index (χ1v) is 10.3. The highest BCUT2D eigenvalue weighted by Crippen LogP contribution is 2.32. The molecule has 0 aromatic heterocycles. The molecule has 2 atom stereocenters. The third-order valence-electron chi connectivity index (χ3n) is 5.08. The van der Waals surface area contributed by atoms with Gasteiger partial charge in [0.1, 0.15) is 5.82 Å². The summed E-state index contributed by atoms with van der Waals surface area (Å²) in [6.07, 6.45) is 2.07. The molecule has 3 rings (SSSR count). The van der Waals surface area contributed by atoms with E-state index in [-0.39, 0.29) is 36.2 Å². The molecule has 0 bridgehead atoms. The number of rotatable bonds is 8. The summed E-state index contributed by atoms with van der Waals surface area (Å²) in [5.74, 6) is -0.359. The topological polar surface area (TPSA) is 79.5 Å². The summed E-state index contributed by atoms with van der Waals surface area (Å²) >= 11 is 0. The molecule has 160 valence electrons. The molecule has 1 fully saturated rings. The van der Waals surface area contributed by atoms with Crippen LogP contribution < -0.4 is 16.0 Å². The number of benzene rings is 2. The first-order valence-electron chi connectivity index (χ1n) is 10.3. The van der Waals surface area contributed by atoms with Gasteiger partial charge in [-0.3, -0.25) is 4.79 Å².